The number of hydrogen-bond acceptors (Lipinski definition) is 4. The predicted molar refractivity (Wildman–Crippen MR) is 73.4 cm³/mol. The third-order valence-electron chi connectivity index (χ3n) is 3.31. The zero-order valence-corrected chi connectivity index (χ0v) is 11.9. The normalized spacial score (nSPS) is 22.1. The van der Waals surface area contributed by atoms with Gasteiger partial charge in [-0.25, -0.2) is 4.79 Å². The van der Waals surface area contributed by atoms with E-state index in [1.807, 2.05) is 17.5 Å². The van der Waals surface area contributed by atoms with E-state index in [4.69, 9.17) is 5.11 Å². The van der Waals surface area contributed by atoms with Crippen molar-refractivity contribution in [3.63, 3.8) is 0 Å². The van der Waals surface area contributed by atoms with Crippen molar-refractivity contribution in [1.29, 1.82) is 0 Å². The lowest BCUT2D eigenvalue weighted by Gasteiger charge is -2.20. The van der Waals surface area contributed by atoms with Crippen LogP contribution in [0.5, 0.6) is 0 Å². The Morgan fingerprint density at radius 1 is 1.45 bits per heavy atom. The number of imide groups is 1. The first-order valence-corrected chi connectivity index (χ1v) is 7.23. The van der Waals surface area contributed by atoms with Gasteiger partial charge >= 0.3 is 12.0 Å². The van der Waals surface area contributed by atoms with E-state index in [-0.39, 0.29) is 18.9 Å². The number of thiophene rings is 1. The van der Waals surface area contributed by atoms with Crippen LogP contribution in [0.3, 0.4) is 0 Å². The highest BCUT2D eigenvalue weighted by Crippen LogP contribution is 2.31. The van der Waals surface area contributed by atoms with Crippen molar-refractivity contribution in [2.45, 2.75) is 31.7 Å². The lowest BCUT2D eigenvalue weighted by atomic mass is 10.0. The van der Waals surface area contributed by atoms with Crippen molar-refractivity contribution in [2.24, 2.45) is 0 Å². The number of aliphatic carboxylic acids is 1. The van der Waals surface area contributed by atoms with Gasteiger partial charge in [0.25, 0.3) is 5.91 Å². The van der Waals surface area contributed by atoms with E-state index in [2.05, 4.69) is 5.32 Å². The van der Waals surface area contributed by atoms with Crippen LogP contribution >= 0.6 is 11.3 Å². The summed E-state index contributed by atoms with van der Waals surface area (Å²) in [4.78, 5) is 36.7. The number of carbonyl (C=O) groups excluding carboxylic acids is 2. The van der Waals surface area contributed by atoms with Crippen LogP contribution in [-0.4, -0.2) is 34.5 Å². The summed E-state index contributed by atoms with van der Waals surface area (Å²) < 4.78 is 0. The summed E-state index contributed by atoms with van der Waals surface area (Å²) in [5.74, 6) is -1.15. The van der Waals surface area contributed by atoms with Gasteiger partial charge in [0.15, 0.2) is 5.54 Å². The van der Waals surface area contributed by atoms with Gasteiger partial charge < -0.3 is 10.4 Å². The summed E-state index contributed by atoms with van der Waals surface area (Å²) in [5.41, 5.74) is -1.00. The van der Waals surface area contributed by atoms with Gasteiger partial charge in [0.1, 0.15) is 0 Å². The van der Waals surface area contributed by atoms with Gasteiger partial charge in [-0.15, -0.1) is 11.3 Å². The molecular weight excluding hydrogens is 280 g/mol. The highest BCUT2D eigenvalue weighted by Gasteiger charge is 2.49. The fourth-order valence-electron chi connectivity index (χ4n) is 2.18. The smallest absolute Gasteiger partial charge is 0.325 e. The molecule has 0 bridgehead atoms. The third-order valence-corrected chi connectivity index (χ3v) is 4.40. The van der Waals surface area contributed by atoms with Crippen LogP contribution in [0, 0.1) is 0 Å². The van der Waals surface area contributed by atoms with E-state index >= 15 is 0 Å². The molecule has 1 saturated heterocycles. The highest BCUT2D eigenvalue weighted by atomic mass is 32.1. The minimum Gasteiger partial charge on any atom is -0.481 e. The van der Waals surface area contributed by atoms with Crippen LogP contribution in [0.15, 0.2) is 17.5 Å². The van der Waals surface area contributed by atoms with Crippen molar-refractivity contribution in [3.8, 4) is 0 Å². The van der Waals surface area contributed by atoms with Crippen molar-refractivity contribution in [2.75, 3.05) is 6.54 Å². The Bertz CT molecular complexity index is 528. The zero-order chi connectivity index (χ0) is 14.8. The summed E-state index contributed by atoms with van der Waals surface area (Å²) in [5, 5.41) is 13.1. The Labute approximate surface area is 120 Å². The summed E-state index contributed by atoms with van der Waals surface area (Å²) >= 11 is 1.42. The molecule has 1 fully saturated rings. The highest BCUT2D eigenvalue weighted by molar-refractivity contribution is 7.10. The fraction of sp³-hybridized carbons (Fsp3) is 0.462. The van der Waals surface area contributed by atoms with Crippen LogP contribution in [0.25, 0.3) is 0 Å². The average Bonchev–Trinajstić information content (AvgIpc) is 2.97. The van der Waals surface area contributed by atoms with Crippen molar-refractivity contribution >= 4 is 29.2 Å². The molecule has 0 aromatic carbocycles. The Kier molecular flexibility index (Phi) is 4.08. The Balaban J connectivity index is 2.00. The average molecular weight is 296 g/mol. The van der Waals surface area contributed by atoms with Gasteiger partial charge in [-0.3, -0.25) is 14.5 Å². The van der Waals surface area contributed by atoms with Gasteiger partial charge in [-0.1, -0.05) is 6.07 Å². The number of carbonyl (C=O) groups is 3. The molecule has 1 aliphatic heterocycles. The molecule has 20 heavy (non-hydrogen) atoms. The molecule has 3 amide bonds. The maximum atomic E-state index is 12.4. The third kappa shape index (κ3) is 2.67. The number of hydrogen-bond donors (Lipinski definition) is 2. The van der Waals surface area contributed by atoms with E-state index in [9.17, 15) is 14.4 Å². The van der Waals surface area contributed by atoms with Crippen LogP contribution in [-0.2, 0) is 15.1 Å². The molecule has 1 aromatic heterocycles. The van der Waals surface area contributed by atoms with Crippen LogP contribution in [0.1, 0.15) is 31.1 Å². The molecule has 2 N–H and O–H groups in total. The maximum absolute atomic E-state index is 12.4. The number of amides is 3. The second-order valence-corrected chi connectivity index (χ2v) is 5.79. The van der Waals surface area contributed by atoms with Gasteiger partial charge in [0.05, 0.1) is 0 Å². The van der Waals surface area contributed by atoms with Gasteiger partial charge in [0.2, 0.25) is 0 Å². The number of urea groups is 1. The number of nitrogens with zero attached hydrogens (tertiary/aromatic N) is 1. The lowest BCUT2D eigenvalue weighted by molar-refractivity contribution is -0.137. The Hall–Kier alpha value is -1.89. The van der Waals surface area contributed by atoms with Crippen molar-refractivity contribution in [1.82, 2.24) is 10.2 Å². The van der Waals surface area contributed by atoms with Gasteiger partial charge in [-0.05, 0) is 31.2 Å². The topological polar surface area (TPSA) is 86.7 Å². The molecular formula is C13H16N2O4S. The lowest BCUT2D eigenvalue weighted by Crippen LogP contribution is -2.40. The van der Waals surface area contributed by atoms with E-state index in [1.165, 1.54) is 16.2 Å². The molecule has 6 nitrogen and oxygen atoms in total. The molecule has 1 unspecified atom stereocenters. The molecule has 1 atom stereocenters. The number of carboxylic acids is 1. The second-order valence-electron chi connectivity index (χ2n) is 4.84. The molecule has 1 aliphatic rings. The van der Waals surface area contributed by atoms with E-state index in [1.54, 1.807) is 6.92 Å². The van der Waals surface area contributed by atoms with E-state index < -0.39 is 17.5 Å². The SMILES string of the molecule is CC1(c2cccs2)NC(=O)N(CCCCC(=O)O)C1=O. The number of carboxylic acid groups (broad SMARTS) is 1. The quantitative estimate of drug-likeness (QED) is 0.618. The summed E-state index contributed by atoms with van der Waals surface area (Å²) in [6.45, 7) is 1.94. The van der Waals surface area contributed by atoms with Crippen molar-refractivity contribution in [3.05, 3.63) is 22.4 Å². The predicted octanol–water partition coefficient (Wildman–Crippen LogP) is 1.77. The minimum atomic E-state index is -1.00. The molecule has 2 rings (SSSR count). The second kappa shape index (κ2) is 5.62. The zero-order valence-electron chi connectivity index (χ0n) is 11.1. The van der Waals surface area contributed by atoms with Crippen LogP contribution in [0.4, 0.5) is 4.79 Å². The molecule has 1 aromatic rings. The van der Waals surface area contributed by atoms with Crippen LogP contribution < -0.4 is 5.32 Å². The van der Waals surface area contributed by atoms with Crippen LogP contribution in [0.2, 0.25) is 0 Å². The summed E-state index contributed by atoms with van der Waals surface area (Å²) in [6, 6.07) is 3.23. The molecule has 0 saturated carbocycles. The number of nitrogens with one attached hydrogen (secondary N) is 1. The Morgan fingerprint density at radius 3 is 2.80 bits per heavy atom. The number of rotatable bonds is 6. The van der Waals surface area contributed by atoms with Gasteiger partial charge in [-0.2, -0.15) is 0 Å². The maximum Gasteiger partial charge on any atom is 0.325 e. The standard InChI is InChI=1S/C13H16N2O4S/c1-13(9-5-4-8-20-9)11(18)15(12(19)14-13)7-3-2-6-10(16)17/h4-5,8H,2-3,6-7H2,1H3,(H,14,19)(H,16,17). The van der Waals surface area contributed by atoms with E-state index in [0.717, 1.165) is 4.88 Å². The molecule has 0 spiro atoms. The van der Waals surface area contributed by atoms with Crippen molar-refractivity contribution < 1.29 is 19.5 Å². The fourth-order valence-corrected chi connectivity index (χ4v) is 3.01. The monoisotopic (exact) mass is 296 g/mol. The largest absolute Gasteiger partial charge is 0.481 e. The number of unbranched alkanes of at least 4 members (excludes halogenated alkanes) is 1. The first-order chi connectivity index (χ1) is 9.45. The Morgan fingerprint density at radius 2 is 2.20 bits per heavy atom. The van der Waals surface area contributed by atoms with E-state index in [0.29, 0.717) is 12.8 Å². The molecule has 108 valence electrons. The summed E-state index contributed by atoms with van der Waals surface area (Å²) in [7, 11) is 0. The molecule has 7 heteroatoms. The molecule has 0 aliphatic carbocycles. The minimum absolute atomic E-state index is 0.0475. The first-order valence-electron chi connectivity index (χ1n) is 6.35. The first kappa shape index (κ1) is 14.5. The molecule has 0 radical (unpaired) electrons. The molecule has 2 heterocycles. The summed E-state index contributed by atoms with van der Waals surface area (Å²) in [6.07, 6.45) is 0.986. The van der Waals surface area contributed by atoms with Gasteiger partial charge in [0, 0.05) is 17.8 Å².